The Morgan fingerprint density at radius 2 is 1.31 bits per heavy atom. The Kier molecular flexibility index (Phi) is 11.7. The molecule has 3 aliphatic heterocycles. The van der Waals surface area contributed by atoms with E-state index < -0.39 is 57.2 Å². The standard InChI is InChI=1S/C46H57N5O7/c1-28-20-34(21-29(2)37(28)25-47)32-12-16-49(17-13-32)40(52)39-46(11,41(53)54)24-36(27-51(39,42(55)56)45(8,9)10)58-43(57)50(44(5,6)7)18-14-33(15-19-50)35-22-30(3)38(26-48)31(4)23-35/h12,14,20-23,36,39H,13,15-19,24,27H2,1-11H3/t36-,39-,46+,50?,51?/m1/s1. The second-order valence-electron chi connectivity index (χ2n) is 18.8. The number of amides is 3. The van der Waals surface area contributed by atoms with Crippen LogP contribution in [-0.2, 0) is 14.3 Å². The maximum absolute atomic E-state index is 14.8. The lowest BCUT2D eigenvalue weighted by molar-refractivity contribution is -0.948. The predicted octanol–water partition coefficient (Wildman–Crippen LogP) is 5.37. The van der Waals surface area contributed by atoms with E-state index in [0.717, 1.165) is 44.5 Å². The van der Waals surface area contributed by atoms with Crippen molar-refractivity contribution in [2.45, 2.75) is 119 Å². The molecule has 0 aliphatic carbocycles. The highest BCUT2D eigenvalue weighted by atomic mass is 16.6. The molecule has 3 aliphatic rings. The number of benzene rings is 2. The summed E-state index contributed by atoms with van der Waals surface area (Å²) in [5.41, 5.74) is 4.53. The summed E-state index contributed by atoms with van der Waals surface area (Å²) in [5.74, 6) is -2.27. The van der Waals surface area contributed by atoms with Gasteiger partial charge in [-0.25, -0.2) is 4.48 Å². The van der Waals surface area contributed by atoms with Crippen LogP contribution in [0.3, 0.4) is 0 Å². The molecule has 2 unspecified atom stereocenters. The highest BCUT2D eigenvalue weighted by molar-refractivity contribution is 5.90. The molecule has 2 aromatic carbocycles. The van der Waals surface area contributed by atoms with Crippen molar-refractivity contribution >= 4 is 35.2 Å². The average Bonchev–Trinajstić information content (AvgIpc) is 3.13. The number of quaternary nitrogens is 2. The number of hydrogen-bond acceptors (Lipinski definition) is 9. The predicted molar refractivity (Wildman–Crippen MR) is 215 cm³/mol. The summed E-state index contributed by atoms with van der Waals surface area (Å²) in [6.45, 7) is 20.1. The van der Waals surface area contributed by atoms with Gasteiger partial charge in [0.05, 0.1) is 46.7 Å². The van der Waals surface area contributed by atoms with Gasteiger partial charge in [0, 0.05) is 25.9 Å². The second kappa shape index (κ2) is 15.5. The van der Waals surface area contributed by atoms with Crippen molar-refractivity contribution < 1.29 is 43.1 Å². The molecule has 0 N–H and O–H groups in total. The number of nitriles is 2. The molecule has 1 saturated heterocycles. The number of carbonyl (C=O) groups excluding carboxylic acids is 4. The van der Waals surface area contributed by atoms with E-state index in [1.165, 1.54) is 11.8 Å². The molecule has 0 bridgehead atoms. The van der Waals surface area contributed by atoms with Crippen molar-refractivity contribution in [2.24, 2.45) is 5.41 Å². The van der Waals surface area contributed by atoms with E-state index in [1.807, 2.05) is 84.9 Å². The number of rotatable bonds is 5. The molecule has 0 spiro atoms. The fraction of sp³-hybridized carbons (Fsp3) is 0.522. The molecule has 1 fully saturated rings. The van der Waals surface area contributed by atoms with Crippen molar-refractivity contribution in [3.8, 4) is 12.1 Å². The maximum atomic E-state index is 14.8. The normalized spacial score (nSPS) is 26.4. The average molecular weight is 792 g/mol. The molecule has 308 valence electrons. The Balaban J connectivity index is 1.48. The van der Waals surface area contributed by atoms with Gasteiger partial charge in [-0.1, -0.05) is 30.3 Å². The van der Waals surface area contributed by atoms with Gasteiger partial charge in [-0.3, -0.25) is 9.28 Å². The maximum Gasteiger partial charge on any atom is 0.517 e. The highest BCUT2D eigenvalue weighted by Gasteiger charge is 2.66. The van der Waals surface area contributed by atoms with Crippen molar-refractivity contribution in [3.05, 3.63) is 80.9 Å². The first kappa shape index (κ1) is 43.8. The van der Waals surface area contributed by atoms with Gasteiger partial charge in [-0.2, -0.15) is 15.3 Å². The summed E-state index contributed by atoms with van der Waals surface area (Å²) in [5, 5.41) is 46.2. The summed E-state index contributed by atoms with van der Waals surface area (Å²) < 4.78 is 5.08. The van der Waals surface area contributed by atoms with Crippen LogP contribution >= 0.6 is 0 Å². The van der Waals surface area contributed by atoms with Crippen LogP contribution in [0.1, 0.15) is 112 Å². The van der Waals surface area contributed by atoms with E-state index in [4.69, 9.17) is 4.74 Å². The molecule has 12 nitrogen and oxygen atoms in total. The summed E-state index contributed by atoms with van der Waals surface area (Å²) in [4.78, 5) is 57.9. The third-order valence-electron chi connectivity index (χ3n) is 13.3. The first-order valence-corrected chi connectivity index (χ1v) is 20.0. The van der Waals surface area contributed by atoms with Gasteiger partial charge in [0.2, 0.25) is 0 Å². The van der Waals surface area contributed by atoms with Gasteiger partial charge in [0.1, 0.15) is 18.6 Å². The Morgan fingerprint density at radius 1 is 0.810 bits per heavy atom. The van der Waals surface area contributed by atoms with Crippen LogP contribution in [0.15, 0.2) is 36.4 Å². The molecular formula is C46H57N5O7. The van der Waals surface area contributed by atoms with E-state index in [9.17, 15) is 39.9 Å². The van der Waals surface area contributed by atoms with E-state index in [0.29, 0.717) is 30.5 Å². The van der Waals surface area contributed by atoms with Gasteiger partial charge >= 0.3 is 6.09 Å². The molecule has 3 heterocycles. The summed E-state index contributed by atoms with van der Waals surface area (Å²) >= 11 is 0. The first-order chi connectivity index (χ1) is 26.9. The van der Waals surface area contributed by atoms with E-state index in [-0.39, 0.29) is 37.1 Å². The number of carboxylic acid groups (broad SMARTS) is 2. The third-order valence-corrected chi connectivity index (χ3v) is 13.3. The van der Waals surface area contributed by atoms with Crippen LogP contribution in [0, 0.1) is 55.8 Å². The lowest BCUT2D eigenvalue weighted by Crippen LogP contribution is -2.83. The minimum absolute atomic E-state index is 0.115. The van der Waals surface area contributed by atoms with E-state index in [1.54, 1.807) is 20.8 Å². The quantitative estimate of drug-likeness (QED) is 0.361. The minimum atomic E-state index is -2.08. The topological polar surface area (TPSA) is 174 Å². The fourth-order valence-corrected chi connectivity index (χ4v) is 9.69. The fourth-order valence-electron chi connectivity index (χ4n) is 9.69. The summed E-state index contributed by atoms with van der Waals surface area (Å²) in [6.07, 6.45) is 1.04. The van der Waals surface area contributed by atoms with Crippen LogP contribution in [0.25, 0.3) is 11.1 Å². The van der Waals surface area contributed by atoms with Gasteiger partial charge in [-0.15, -0.1) is 0 Å². The van der Waals surface area contributed by atoms with Crippen molar-refractivity contribution in [2.75, 3.05) is 32.7 Å². The second-order valence-corrected chi connectivity index (χ2v) is 18.8. The van der Waals surface area contributed by atoms with Crippen LogP contribution in [0.5, 0.6) is 0 Å². The van der Waals surface area contributed by atoms with Crippen LogP contribution in [-0.4, -0.2) is 93.9 Å². The van der Waals surface area contributed by atoms with E-state index >= 15 is 0 Å². The molecule has 12 heteroatoms. The van der Waals surface area contributed by atoms with Crippen molar-refractivity contribution in [1.82, 2.24) is 4.90 Å². The number of hydrogen-bond donors (Lipinski definition) is 0. The Morgan fingerprint density at radius 3 is 1.67 bits per heavy atom. The summed E-state index contributed by atoms with van der Waals surface area (Å²) in [6, 6.07) is 10.7. The SMILES string of the molecule is Cc1cc(C2=CCN(C(=O)[C@@H]3[C@@](C)(C(=O)[O-])C[C@@H](OC(=O)[N+]4(C(C)(C)C)CC=C(c5cc(C)c(C#N)c(C)c5)CC4)C[N+]3(C(=O)[O-])C(C)(C)C)CC2)cc(C)c1C#N. The number of likely N-dealkylation sites (tertiary alicyclic amines) is 1. The van der Waals surface area contributed by atoms with Gasteiger partial charge < -0.3 is 29.4 Å². The van der Waals surface area contributed by atoms with Gasteiger partial charge in [0.15, 0.2) is 12.1 Å². The molecule has 0 saturated carbocycles. The molecule has 58 heavy (non-hydrogen) atoms. The molecular weight excluding hydrogens is 735 g/mol. The lowest BCUT2D eigenvalue weighted by Gasteiger charge is -2.61. The monoisotopic (exact) mass is 791 g/mol. The Hall–Kier alpha value is -5.30. The number of carboxylic acids is 1. The zero-order valence-corrected chi connectivity index (χ0v) is 35.9. The molecule has 5 rings (SSSR count). The lowest BCUT2D eigenvalue weighted by atomic mass is 9.69. The van der Waals surface area contributed by atoms with Crippen LogP contribution < -0.4 is 10.2 Å². The number of aryl methyl sites for hydroxylation is 4. The number of carbonyl (C=O) groups is 4. The largest absolute Gasteiger partial charge is 0.549 e. The molecule has 3 amide bonds. The zero-order valence-electron chi connectivity index (χ0n) is 35.9. The third kappa shape index (κ3) is 7.33. The van der Waals surface area contributed by atoms with Crippen LogP contribution in [0.4, 0.5) is 9.59 Å². The molecule has 5 atom stereocenters. The highest BCUT2D eigenvalue weighted by Crippen LogP contribution is 2.47. The number of aliphatic carboxylic acids is 1. The van der Waals surface area contributed by atoms with Crippen LogP contribution in [0.2, 0.25) is 0 Å². The van der Waals surface area contributed by atoms with Gasteiger partial charge in [0.25, 0.3) is 12.0 Å². The van der Waals surface area contributed by atoms with Crippen molar-refractivity contribution in [1.29, 1.82) is 10.5 Å². The van der Waals surface area contributed by atoms with E-state index in [2.05, 4.69) is 12.1 Å². The number of nitrogens with zero attached hydrogens (tertiary/aromatic N) is 5. The zero-order chi connectivity index (χ0) is 43.3. The Labute approximate surface area is 342 Å². The van der Waals surface area contributed by atoms with Crippen molar-refractivity contribution in [3.63, 3.8) is 0 Å². The summed E-state index contributed by atoms with van der Waals surface area (Å²) in [7, 11) is 0. The Bertz CT molecular complexity index is 2170. The molecule has 2 aromatic rings. The number of piperidine rings is 1. The van der Waals surface area contributed by atoms with Gasteiger partial charge in [-0.05, 0) is 133 Å². The minimum Gasteiger partial charge on any atom is -0.549 e. The smallest absolute Gasteiger partial charge is 0.517 e. The molecule has 0 radical (unpaired) electrons. The molecule has 0 aromatic heterocycles. The first-order valence-electron chi connectivity index (χ1n) is 20.0. The number of ether oxygens (including phenoxy) is 1.